The van der Waals surface area contributed by atoms with Crippen LogP contribution in [-0.4, -0.2) is 20.3 Å². The van der Waals surface area contributed by atoms with Crippen LogP contribution in [0.1, 0.15) is 26.7 Å². The first kappa shape index (κ1) is 9.00. The monoisotopic (exact) mass is 178 g/mol. The van der Waals surface area contributed by atoms with Crippen molar-refractivity contribution in [3.05, 3.63) is 0 Å². The van der Waals surface area contributed by atoms with Crippen LogP contribution in [0.4, 0.5) is 0 Å². The molecule has 0 bridgehead atoms. The van der Waals surface area contributed by atoms with Crippen LogP contribution in [0, 0.1) is 5.92 Å². The molecule has 4 heteroatoms. The van der Waals surface area contributed by atoms with Crippen molar-refractivity contribution < 1.29 is 12.6 Å². The molecule has 0 aromatic heterocycles. The van der Waals surface area contributed by atoms with Gasteiger partial charge in [0.1, 0.15) is 0 Å². The Bertz CT molecular complexity index is 218. The summed E-state index contributed by atoms with van der Waals surface area (Å²) in [6.45, 7) is 4.13. The van der Waals surface area contributed by atoms with E-state index in [9.17, 15) is 8.42 Å². The largest absolute Gasteiger partial charge is 0.267 e. The molecule has 0 amide bonds. The molecule has 0 radical (unpaired) electrons. The van der Waals surface area contributed by atoms with E-state index in [0.29, 0.717) is 12.3 Å². The van der Waals surface area contributed by atoms with E-state index in [1.165, 1.54) is 0 Å². The number of hydrogen-bond donors (Lipinski definition) is 0. The summed E-state index contributed by atoms with van der Waals surface area (Å²) in [5.41, 5.74) is 0. The summed E-state index contributed by atoms with van der Waals surface area (Å²) in [5, 5.41) is 0. The molecule has 1 aliphatic rings. The summed E-state index contributed by atoms with van der Waals surface area (Å²) in [6.07, 6.45) is 1.46. The smallest absolute Gasteiger partial charge is 0.267 e. The van der Waals surface area contributed by atoms with E-state index in [1.54, 1.807) is 0 Å². The quantitative estimate of drug-likeness (QED) is 0.596. The summed E-state index contributed by atoms with van der Waals surface area (Å²) >= 11 is 0. The first-order chi connectivity index (χ1) is 4.99. The van der Waals surface area contributed by atoms with Gasteiger partial charge >= 0.3 is 0 Å². The van der Waals surface area contributed by atoms with Crippen LogP contribution >= 0.6 is 0 Å². The molecule has 0 aromatic carbocycles. The molecular formula is C7H14O3S. The maximum absolute atomic E-state index is 10.8. The Morgan fingerprint density at radius 3 is 2.55 bits per heavy atom. The van der Waals surface area contributed by atoms with Crippen molar-refractivity contribution in [3.8, 4) is 0 Å². The zero-order valence-electron chi connectivity index (χ0n) is 6.91. The molecule has 0 aliphatic carbocycles. The van der Waals surface area contributed by atoms with E-state index < -0.39 is 10.1 Å². The molecular weight excluding hydrogens is 164 g/mol. The summed E-state index contributed by atoms with van der Waals surface area (Å²) in [4.78, 5) is 0. The SMILES string of the molecule is CC(C)CC1CCS(=O)(=O)O1. The Hall–Kier alpha value is -0.0900. The molecule has 1 rings (SSSR count). The summed E-state index contributed by atoms with van der Waals surface area (Å²) in [5.74, 6) is 0.706. The van der Waals surface area contributed by atoms with Gasteiger partial charge in [0, 0.05) is 0 Å². The number of hydrogen-bond acceptors (Lipinski definition) is 3. The highest BCUT2D eigenvalue weighted by Crippen LogP contribution is 2.21. The van der Waals surface area contributed by atoms with Gasteiger partial charge in [-0.25, -0.2) is 0 Å². The molecule has 11 heavy (non-hydrogen) atoms. The lowest BCUT2D eigenvalue weighted by molar-refractivity contribution is 0.206. The van der Waals surface area contributed by atoms with E-state index in [0.717, 1.165) is 6.42 Å². The minimum atomic E-state index is -3.14. The molecule has 1 saturated heterocycles. The zero-order valence-corrected chi connectivity index (χ0v) is 7.73. The van der Waals surface area contributed by atoms with Crippen molar-refractivity contribution in [3.63, 3.8) is 0 Å². The van der Waals surface area contributed by atoms with Crippen molar-refractivity contribution in [1.29, 1.82) is 0 Å². The average molecular weight is 178 g/mol. The van der Waals surface area contributed by atoms with Crippen molar-refractivity contribution in [1.82, 2.24) is 0 Å². The van der Waals surface area contributed by atoms with Crippen molar-refractivity contribution in [2.24, 2.45) is 5.92 Å². The van der Waals surface area contributed by atoms with Gasteiger partial charge in [0.25, 0.3) is 10.1 Å². The third-order valence-corrected chi connectivity index (χ3v) is 3.01. The van der Waals surface area contributed by atoms with E-state index in [4.69, 9.17) is 4.18 Å². The third kappa shape index (κ3) is 2.79. The van der Waals surface area contributed by atoms with Crippen LogP contribution in [0.5, 0.6) is 0 Å². The van der Waals surface area contributed by atoms with Gasteiger partial charge in [-0.1, -0.05) is 13.8 Å². The highest BCUT2D eigenvalue weighted by Gasteiger charge is 2.28. The molecule has 0 spiro atoms. The summed E-state index contributed by atoms with van der Waals surface area (Å²) in [6, 6.07) is 0. The normalized spacial score (nSPS) is 29.5. The standard InChI is InChI=1S/C7H14O3S/c1-6(2)5-7-3-4-11(8,9)10-7/h6-7H,3-5H2,1-2H3. The van der Waals surface area contributed by atoms with Crippen LogP contribution in [0.25, 0.3) is 0 Å². The first-order valence-electron chi connectivity index (χ1n) is 3.90. The van der Waals surface area contributed by atoms with Gasteiger partial charge < -0.3 is 0 Å². The molecule has 66 valence electrons. The van der Waals surface area contributed by atoms with Crippen molar-refractivity contribution in [2.45, 2.75) is 32.8 Å². The lowest BCUT2D eigenvalue weighted by Gasteiger charge is -2.09. The fourth-order valence-corrected chi connectivity index (χ4v) is 2.50. The predicted octanol–water partition coefficient (Wildman–Crippen LogP) is 1.15. The van der Waals surface area contributed by atoms with Crippen LogP contribution in [-0.2, 0) is 14.3 Å². The van der Waals surface area contributed by atoms with Gasteiger partial charge in [-0.3, -0.25) is 4.18 Å². The van der Waals surface area contributed by atoms with E-state index in [1.807, 2.05) is 0 Å². The van der Waals surface area contributed by atoms with Crippen LogP contribution < -0.4 is 0 Å². The van der Waals surface area contributed by atoms with Gasteiger partial charge in [0.2, 0.25) is 0 Å². The highest BCUT2D eigenvalue weighted by molar-refractivity contribution is 7.86. The van der Waals surface area contributed by atoms with Gasteiger partial charge in [0.15, 0.2) is 0 Å². The second-order valence-electron chi connectivity index (χ2n) is 3.40. The second-order valence-corrected chi connectivity index (χ2v) is 5.11. The minimum Gasteiger partial charge on any atom is -0.267 e. The van der Waals surface area contributed by atoms with E-state index >= 15 is 0 Å². The molecule has 1 atom stereocenters. The van der Waals surface area contributed by atoms with E-state index in [2.05, 4.69) is 13.8 Å². The van der Waals surface area contributed by atoms with Gasteiger partial charge in [-0.2, -0.15) is 8.42 Å². The maximum Gasteiger partial charge on any atom is 0.267 e. The Labute approximate surface area is 67.9 Å². The molecule has 1 unspecified atom stereocenters. The highest BCUT2D eigenvalue weighted by atomic mass is 32.2. The van der Waals surface area contributed by atoms with Crippen molar-refractivity contribution >= 4 is 10.1 Å². The fraction of sp³-hybridized carbons (Fsp3) is 1.00. The molecule has 3 nitrogen and oxygen atoms in total. The molecule has 0 N–H and O–H groups in total. The maximum atomic E-state index is 10.8. The molecule has 0 saturated carbocycles. The zero-order chi connectivity index (χ0) is 8.48. The van der Waals surface area contributed by atoms with Crippen LogP contribution in [0.3, 0.4) is 0 Å². The van der Waals surface area contributed by atoms with Gasteiger partial charge in [-0.15, -0.1) is 0 Å². The lowest BCUT2D eigenvalue weighted by atomic mass is 10.0. The second kappa shape index (κ2) is 3.11. The molecule has 1 fully saturated rings. The molecule has 1 heterocycles. The van der Waals surface area contributed by atoms with Crippen LogP contribution in [0.2, 0.25) is 0 Å². The topological polar surface area (TPSA) is 43.4 Å². The lowest BCUT2D eigenvalue weighted by Crippen LogP contribution is -2.09. The van der Waals surface area contributed by atoms with Gasteiger partial charge in [0.05, 0.1) is 11.9 Å². The Morgan fingerprint density at radius 2 is 2.18 bits per heavy atom. The van der Waals surface area contributed by atoms with Crippen molar-refractivity contribution in [2.75, 3.05) is 5.75 Å². The molecule has 0 aromatic rings. The summed E-state index contributed by atoms with van der Waals surface area (Å²) < 4.78 is 26.4. The average Bonchev–Trinajstić information content (AvgIpc) is 2.08. The third-order valence-electron chi connectivity index (χ3n) is 1.71. The number of rotatable bonds is 2. The predicted molar refractivity (Wildman–Crippen MR) is 42.7 cm³/mol. The Balaban J connectivity index is 2.43. The van der Waals surface area contributed by atoms with E-state index in [-0.39, 0.29) is 11.9 Å². The first-order valence-corrected chi connectivity index (χ1v) is 5.48. The molecule has 1 aliphatic heterocycles. The fourth-order valence-electron chi connectivity index (χ4n) is 1.26. The Morgan fingerprint density at radius 1 is 1.55 bits per heavy atom. The minimum absolute atomic E-state index is 0.0556. The Kier molecular flexibility index (Phi) is 2.54. The van der Waals surface area contributed by atoms with Gasteiger partial charge in [-0.05, 0) is 18.8 Å². The van der Waals surface area contributed by atoms with Crippen LogP contribution in [0.15, 0.2) is 0 Å². The summed E-state index contributed by atoms with van der Waals surface area (Å²) in [7, 11) is -3.14.